The van der Waals surface area contributed by atoms with Crippen LogP contribution in [0.5, 0.6) is 0 Å². The average Bonchev–Trinajstić information content (AvgIpc) is 3.19. The number of carbonyl (C=O) groups is 2. The summed E-state index contributed by atoms with van der Waals surface area (Å²) in [4.78, 5) is 25.3. The van der Waals surface area contributed by atoms with Crippen molar-refractivity contribution < 1.29 is 14.0 Å². The monoisotopic (exact) mass is 341 g/mol. The van der Waals surface area contributed by atoms with Crippen LogP contribution in [-0.4, -0.2) is 11.8 Å². The highest BCUT2D eigenvalue weighted by Gasteiger charge is 2.25. The van der Waals surface area contributed by atoms with Gasteiger partial charge in [0.05, 0.1) is 11.8 Å². The van der Waals surface area contributed by atoms with Crippen molar-refractivity contribution in [2.45, 2.75) is 25.7 Å². The number of carbonyl (C=O) groups excluding carboxylic acids is 2. The number of nitrogens with one attached hydrogen (secondary N) is 1. The van der Waals surface area contributed by atoms with Crippen LogP contribution in [0.25, 0.3) is 6.08 Å². The maximum atomic E-state index is 12.4. The summed E-state index contributed by atoms with van der Waals surface area (Å²) in [5.74, 6) is -0.740. The Balaban J connectivity index is 1.90. The van der Waals surface area contributed by atoms with E-state index in [0.29, 0.717) is 16.3 Å². The molecule has 2 heterocycles. The second kappa shape index (κ2) is 6.72. The lowest BCUT2D eigenvalue weighted by Gasteiger charge is -2.11. The lowest BCUT2D eigenvalue weighted by molar-refractivity contribution is -0.112. The van der Waals surface area contributed by atoms with E-state index in [1.165, 1.54) is 23.7 Å². The minimum atomic E-state index is -0.588. The Labute approximate surface area is 142 Å². The molecule has 1 aliphatic rings. The van der Waals surface area contributed by atoms with Crippen molar-refractivity contribution in [1.29, 1.82) is 5.26 Å². The van der Waals surface area contributed by atoms with Gasteiger partial charge in [-0.15, -0.1) is 11.3 Å². The van der Waals surface area contributed by atoms with E-state index in [-0.39, 0.29) is 5.57 Å². The average molecular weight is 341 g/mol. The lowest BCUT2D eigenvalue weighted by atomic mass is 9.95. The number of hydrogen-bond acceptors (Lipinski definition) is 5. The first-order chi connectivity index (χ1) is 11.6. The fraction of sp³-hybridized carbons (Fsp3) is 0.235. The molecule has 2 aromatic heterocycles. The van der Waals surface area contributed by atoms with Crippen LogP contribution in [0, 0.1) is 11.3 Å². The van der Waals surface area contributed by atoms with Crippen molar-refractivity contribution in [3.8, 4) is 6.07 Å². The molecule has 0 radical (unpaired) electrons. The molecule has 0 aromatic carbocycles. The topological polar surface area (TPSA) is 109 Å². The Morgan fingerprint density at radius 1 is 1.38 bits per heavy atom. The predicted molar refractivity (Wildman–Crippen MR) is 90.4 cm³/mol. The van der Waals surface area contributed by atoms with Crippen LogP contribution in [-0.2, 0) is 17.6 Å². The zero-order valence-corrected chi connectivity index (χ0v) is 13.6. The zero-order valence-electron chi connectivity index (χ0n) is 12.8. The van der Waals surface area contributed by atoms with Gasteiger partial charge in [0.15, 0.2) is 0 Å². The van der Waals surface area contributed by atoms with E-state index in [2.05, 4.69) is 5.32 Å². The first kappa shape index (κ1) is 16.0. The molecule has 3 rings (SSSR count). The number of fused-ring (bicyclic) bond motifs is 1. The summed E-state index contributed by atoms with van der Waals surface area (Å²) >= 11 is 1.36. The number of nitrogens with zero attached hydrogens (tertiary/aromatic N) is 1. The molecule has 24 heavy (non-hydrogen) atoms. The van der Waals surface area contributed by atoms with Gasteiger partial charge >= 0.3 is 0 Å². The van der Waals surface area contributed by atoms with E-state index in [0.717, 1.165) is 36.1 Å². The molecule has 0 spiro atoms. The van der Waals surface area contributed by atoms with Gasteiger partial charge in [-0.3, -0.25) is 9.59 Å². The van der Waals surface area contributed by atoms with Gasteiger partial charge in [0.25, 0.3) is 11.8 Å². The highest BCUT2D eigenvalue weighted by Crippen LogP contribution is 2.38. The molecule has 7 heteroatoms. The molecular weight excluding hydrogens is 326 g/mol. The van der Waals surface area contributed by atoms with Crippen LogP contribution < -0.4 is 11.1 Å². The fourth-order valence-corrected chi connectivity index (χ4v) is 4.04. The van der Waals surface area contributed by atoms with E-state index in [1.54, 1.807) is 12.1 Å². The molecule has 0 fully saturated rings. The molecule has 1 aliphatic carbocycles. The molecule has 0 saturated heterocycles. The van der Waals surface area contributed by atoms with Crippen molar-refractivity contribution >= 4 is 34.2 Å². The van der Waals surface area contributed by atoms with Gasteiger partial charge in [0, 0.05) is 11.0 Å². The van der Waals surface area contributed by atoms with Crippen molar-refractivity contribution in [3.05, 3.63) is 45.7 Å². The number of rotatable bonds is 4. The Hall–Kier alpha value is -2.85. The minimum absolute atomic E-state index is 0.105. The number of aryl methyl sites for hydroxylation is 1. The molecule has 122 valence electrons. The van der Waals surface area contributed by atoms with Gasteiger partial charge in [0.1, 0.15) is 22.4 Å². The number of primary amides is 1. The van der Waals surface area contributed by atoms with Gasteiger partial charge in [-0.05, 0) is 43.4 Å². The lowest BCUT2D eigenvalue weighted by Crippen LogP contribution is -2.19. The molecule has 0 unspecified atom stereocenters. The van der Waals surface area contributed by atoms with E-state index < -0.39 is 11.8 Å². The third kappa shape index (κ3) is 3.09. The van der Waals surface area contributed by atoms with Crippen LogP contribution in [0.4, 0.5) is 5.00 Å². The Morgan fingerprint density at radius 3 is 2.83 bits per heavy atom. The predicted octanol–water partition coefficient (Wildman–Crippen LogP) is 2.86. The Morgan fingerprint density at radius 2 is 2.17 bits per heavy atom. The van der Waals surface area contributed by atoms with E-state index in [9.17, 15) is 14.9 Å². The van der Waals surface area contributed by atoms with E-state index in [1.807, 2.05) is 6.07 Å². The molecule has 6 nitrogen and oxygen atoms in total. The largest absolute Gasteiger partial charge is 0.465 e. The summed E-state index contributed by atoms with van der Waals surface area (Å²) in [7, 11) is 0. The molecule has 3 N–H and O–H groups in total. The summed E-state index contributed by atoms with van der Waals surface area (Å²) in [6.45, 7) is 0. The zero-order chi connectivity index (χ0) is 17.1. The van der Waals surface area contributed by atoms with Gasteiger partial charge in [-0.2, -0.15) is 5.26 Å². The highest BCUT2D eigenvalue weighted by molar-refractivity contribution is 7.17. The smallest absolute Gasteiger partial charge is 0.267 e. The molecule has 0 bridgehead atoms. The third-order valence-corrected chi connectivity index (χ3v) is 5.05. The van der Waals surface area contributed by atoms with Crippen molar-refractivity contribution in [2.24, 2.45) is 5.73 Å². The summed E-state index contributed by atoms with van der Waals surface area (Å²) in [5.41, 5.74) is 6.70. The van der Waals surface area contributed by atoms with Gasteiger partial charge in [-0.1, -0.05) is 0 Å². The SMILES string of the molecule is N#C/C(=C\c1ccco1)C(=O)Nc1sc2c(c1C(N)=O)CCCC2. The van der Waals surface area contributed by atoms with Crippen molar-refractivity contribution in [3.63, 3.8) is 0 Å². The molecular formula is C17H15N3O3S. The van der Waals surface area contributed by atoms with Crippen molar-refractivity contribution in [1.82, 2.24) is 0 Å². The molecule has 0 aliphatic heterocycles. The minimum Gasteiger partial charge on any atom is -0.465 e. The number of nitriles is 1. The first-order valence-electron chi connectivity index (χ1n) is 7.51. The maximum Gasteiger partial charge on any atom is 0.267 e. The van der Waals surface area contributed by atoms with E-state index in [4.69, 9.17) is 10.2 Å². The van der Waals surface area contributed by atoms with Crippen LogP contribution in [0.2, 0.25) is 0 Å². The van der Waals surface area contributed by atoms with Crippen molar-refractivity contribution in [2.75, 3.05) is 5.32 Å². The maximum absolute atomic E-state index is 12.4. The number of amides is 2. The van der Waals surface area contributed by atoms with Gasteiger partial charge in [0.2, 0.25) is 0 Å². The van der Waals surface area contributed by atoms with E-state index >= 15 is 0 Å². The summed E-state index contributed by atoms with van der Waals surface area (Å²) in [5, 5.41) is 12.3. The van der Waals surface area contributed by atoms with Gasteiger partial charge in [-0.25, -0.2) is 0 Å². The number of nitrogens with two attached hydrogens (primary N) is 1. The highest BCUT2D eigenvalue weighted by atomic mass is 32.1. The molecule has 2 aromatic rings. The second-order valence-electron chi connectivity index (χ2n) is 5.42. The fourth-order valence-electron chi connectivity index (χ4n) is 2.75. The molecule has 2 amide bonds. The number of hydrogen-bond donors (Lipinski definition) is 2. The number of furan rings is 1. The standard InChI is InChI=1S/C17H15N3O3S/c18-9-10(8-11-4-3-7-23-11)16(22)20-17-14(15(19)21)12-5-1-2-6-13(12)24-17/h3-4,7-8H,1-2,5-6H2,(H2,19,21)(H,20,22)/b10-8+. The number of thiophene rings is 1. The number of anilines is 1. The summed E-state index contributed by atoms with van der Waals surface area (Å²) in [6.07, 6.45) is 6.53. The van der Waals surface area contributed by atoms with Crippen LogP contribution >= 0.6 is 11.3 Å². The van der Waals surface area contributed by atoms with Crippen LogP contribution in [0.3, 0.4) is 0 Å². The van der Waals surface area contributed by atoms with Gasteiger partial charge < -0.3 is 15.5 Å². The quantitative estimate of drug-likeness (QED) is 0.658. The summed E-state index contributed by atoms with van der Waals surface area (Å²) in [6, 6.07) is 5.15. The Kier molecular flexibility index (Phi) is 4.49. The van der Waals surface area contributed by atoms with Crippen LogP contribution in [0.1, 0.15) is 39.4 Å². The molecule has 0 saturated carbocycles. The first-order valence-corrected chi connectivity index (χ1v) is 8.32. The van der Waals surface area contributed by atoms with Crippen LogP contribution in [0.15, 0.2) is 28.4 Å². The second-order valence-corrected chi connectivity index (χ2v) is 6.52. The Bertz CT molecular complexity index is 857. The third-order valence-electron chi connectivity index (χ3n) is 3.84. The molecule has 0 atom stereocenters. The normalized spacial score (nSPS) is 13.9. The summed E-state index contributed by atoms with van der Waals surface area (Å²) < 4.78 is 5.12.